The molecule has 6 nitrogen and oxygen atoms in total. The fourth-order valence-corrected chi connectivity index (χ4v) is 2.11. The van der Waals surface area contributed by atoms with Gasteiger partial charge in [0, 0.05) is 11.4 Å². The van der Waals surface area contributed by atoms with Crippen molar-refractivity contribution < 1.29 is 14.3 Å². The van der Waals surface area contributed by atoms with Gasteiger partial charge in [0.2, 0.25) is 11.8 Å². The molecule has 0 fully saturated rings. The van der Waals surface area contributed by atoms with Gasteiger partial charge in [0.1, 0.15) is 11.2 Å². The Labute approximate surface area is 152 Å². The van der Waals surface area contributed by atoms with Crippen molar-refractivity contribution in [2.45, 2.75) is 20.8 Å². The zero-order chi connectivity index (χ0) is 19.2. The van der Waals surface area contributed by atoms with Crippen LogP contribution in [0.5, 0.6) is 5.75 Å². The maximum absolute atomic E-state index is 12.5. The highest BCUT2D eigenvalue weighted by molar-refractivity contribution is 6.14. The van der Waals surface area contributed by atoms with Crippen LogP contribution in [0.25, 0.3) is 0 Å². The molecule has 134 valence electrons. The van der Waals surface area contributed by atoms with Gasteiger partial charge in [-0.3, -0.25) is 9.59 Å². The number of nitrogens with zero attached hydrogens (tertiary/aromatic N) is 1. The molecular weight excluding hydrogens is 330 g/mol. The van der Waals surface area contributed by atoms with E-state index in [-0.39, 0.29) is 0 Å². The van der Waals surface area contributed by atoms with Gasteiger partial charge in [-0.15, -0.1) is 0 Å². The predicted molar refractivity (Wildman–Crippen MR) is 99.8 cm³/mol. The average molecular weight is 351 g/mol. The van der Waals surface area contributed by atoms with Gasteiger partial charge in [0.05, 0.1) is 18.2 Å². The number of carbonyl (C=O) groups is 2. The number of rotatable bonds is 6. The minimum absolute atomic E-state index is 0.423. The molecule has 0 radical (unpaired) electrons. The van der Waals surface area contributed by atoms with Gasteiger partial charge < -0.3 is 15.4 Å². The molecule has 0 heterocycles. The van der Waals surface area contributed by atoms with Gasteiger partial charge in [-0.05, 0) is 69.3 Å². The van der Waals surface area contributed by atoms with E-state index < -0.39 is 17.2 Å². The van der Waals surface area contributed by atoms with E-state index in [9.17, 15) is 9.59 Å². The van der Waals surface area contributed by atoms with Gasteiger partial charge in [0.15, 0.2) is 0 Å². The number of anilines is 2. The first-order chi connectivity index (χ1) is 12.4. The highest BCUT2D eigenvalue weighted by atomic mass is 16.5. The lowest BCUT2D eigenvalue weighted by Crippen LogP contribution is -2.41. The third-order valence-corrected chi connectivity index (χ3v) is 3.83. The van der Waals surface area contributed by atoms with E-state index in [2.05, 4.69) is 10.6 Å². The Kier molecular flexibility index (Phi) is 5.97. The maximum atomic E-state index is 12.5. The minimum atomic E-state index is -1.29. The van der Waals surface area contributed by atoms with E-state index in [4.69, 9.17) is 10.00 Å². The smallest absolute Gasteiger partial charge is 0.239 e. The summed E-state index contributed by atoms with van der Waals surface area (Å²) in [6, 6.07) is 15.4. The molecule has 2 N–H and O–H groups in total. The standard InChI is InChI=1S/C20H21N3O3/c1-4-26-17-11-9-16(10-12-17)23-19(25)20(2,3)18(24)22-15-7-5-14(13-21)6-8-15/h5-12H,4H2,1-3H3,(H,22,24)(H,23,25). The first-order valence-corrected chi connectivity index (χ1v) is 8.22. The molecule has 0 aliphatic heterocycles. The zero-order valence-corrected chi connectivity index (χ0v) is 15.0. The third kappa shape index (κ3) is 4.61. The number of hydrogen-bond donors (Lipinski definition) is 2. The van der Waals surface area contributed by atoms with Gasteiger partial charge >= 0.3 is 0 Å². The van der Waals surface area contributed by atoms with Crippen LogP contribution in [0.15, 0.2) is 48.5 Å². The summed E-state index contributed by atoms with van der Waals surface area (Å²) >= 11 is 0. The number of nitrogens with one attached hydrogen (secondary N) is 2. The first-order valence-electron chi connectivity index (χ1n) is 8.22. The fourth-order valence-electron chi connectivity index (χ4n) is 2.11. The molecule has 6 heteroatoms. The van der Waals surface area contributed by atoms with Gasteiger partial charge in [-0.25, -0.2) is 0 Å². The van der Waals surface area contributed by atoms with E-state index in [1.54, 1.807) is 62.4 Å². The minimum Gasteiger partial charge on any atom is -0.494 e. The lowest BCUT2D eigenvalue weighted by Gasteiger charge is -2.23. The Morgan fingerprint density at radius 3 is 1.85 bits per heavy atom. The van der Waals surface area contributed by atoms with Crippen molar-refractivity contribution in [3.63, 3.8) is 0 Å². The molecule has 26 heavy (non-hydrogen) atoms. The van der Waals surface area contributed by atoms with Crippen molar-refractivity contribution in [2.24, 2.45) is 5.41 Å². The molecule has 0 unspecified atom stereocenters. The van der Waals surface area contributed by atoms with Gasteiger partial charge in [-0.2, -0.15) is 5.26 Å². The Bertz CT molecular complexity index is 819. The Morgan fingerprint density at radius 1 is 0.962 bits per heavy atom. The zero-order valence-electron chi connectivity index (χ0n) is 15.0. The molecule has 0 spiro atoms. The molecule has 2 amide bonds. The predicted octanol–water partition coefficient (Wildman–Crippen LogP) is 3.56. The normalized spacial score (nSPS) is 10.5. The van der Waals surface area contributed by atoms with Gasteiger partial charge in [0.25, 0.3) is 0 Å². The molecule has 0 saturated heterocycles. The summed E-state index contributed by atoms with van der Waals surface area (Å²) < 4.78 is 5.36. The molecular formula is C20H21N3O3. The molecule has 0 aromatic heterocycles. The van der Waals surface area contributed by atoms with Crippen molar-refractivity contribution in [1.82, 2.24) is 0 Å². The van der Waals surface area contributed by atoms with Crippen molar-refractivity contribution >= 4 is 23.2 Å². The van der Waals surface area contributed by atoms with Crippen LogP contribution in [0.2, 0.25) is 0 Å². The summed E-state index contributed by atoms with van der Waals surface area (Å²) in [6.07, 6.45) is 0. The molecule has 0 atom stereocenters. The second-order valence-corrected chi connectivity index (χ2v) is 6.18. The van der Waals surface area contributed by atoms with Crippen molar-refractivity contribution in [3.05, 3.63) is 54.1 Å². The van der Waals surface area contributed by atoms with Crippen LogP contribution in [0.4, 0.5) is 11.4 Å². The Hall–Kier alpha value is -3.33. The lowest BCUT2D eigenvalue weighted by atomic mass is 9.90. The summed E-state index contributed by atoms with van der Waals surface area (Å²) in [5.41, 5.74) is 0.316. The van der Waals surface area contributed by atoms with Crippen LogP contribution in [0, 0.1) is 16.7 Å². The molecule has 2 aromatic rings. The molecule has 2 aromatic carbocycles. The summed E-state index contributed by atoms with van der Waals surface area (Å²) in [7, 11) is 0. The molecule has 0 aliphatic rings. The number of benzene rings is 2. The van der Waals surface area contributed by atoms with Crippen LogP contribution in [-0.2, 0) is 9.59 Å². The van der Waals surface area contributed by atoms with Crippen molar-refractivity contribution in [3.8, 4) is 11.8 Å². The quantitative estimate of drug-likeness (QED) is 0.779. The van der Waals surface area contributed by atoms with Crippen LogP contribution < -0.4 is 15.4 Å². The monoisotopic (exact) mass is 351 g/mol. The lowest BCUT2D eigenvalue weighted by molar-refractivity contribution is -0.135. The highest BCUT2D eigenvalue weighted by Crippen LogP contribution is 2.23. The summed E-state index contributed by atoms with van der Waals surface area (Å²) in [5.74, 6) is -0.151. The third-order valence-electron chi connectivity index (χ3n) is 3.83. The van der Waals surface area contributed by atoms with E-state index in [1.807, 2.05) is 13.0 Å². The molecule has 2 rings (SSSR count). The van der Waals surface area contributed by atoms with E-state index >= 15 is 0 Å². The van der Waals surface area contributed by atoms with Crippen molar-refractivity contribution in [1.29, 1.82) is 5.26 Å². The average Bonchev–Trinajstić information content (AvgIpc) is 2.64. The SMILES string of the molecule is CCOc1ccc(NC(=O)C(C)(C)C(=O)Nc2ccc(C#N)cc2)cc1. The second-order valence-electron chi connectivity index (χ2n) is 6.18. The largest absolute Gasteiger partial charge is 0.494 e. The van der Waals surface area contributed by atoms with Crippen LogP contribution in [0.3, 0.4) is 0 Å². The number of ether oxygens (including phenoxy) is 1. The van der Waals surface area contributed by atoms with Gasteiger partial charge in [-0.1, -0.05) is 0 Å². The van der Waals surface area contributed by atoms with Crippen LogP contribution in [-0.4, -0.2) is 18.4 Å². The van der Waals surface area contributed by atoms with E-state index in [0.717, 1.165) is 0 Å². The fraction of sp³-hybridized carbons (Fsp3) is 0.250. The number of carbonyl (C=O) groups excluding carboxylic acids is 2. The molecule has 0 bridgehead atoms. The summed E-state index contributed by atoms with van der Waals surface area (Å²) in [4.78, 5) is 25.0. The Balaban J connectivity index is 2.03. The van der Waals surface area contributed by atoms with Crippen LogP contribution >= 0.6 is 0 Å². The maximum Gasteiger partial charge on any atom is 0.239 e. The first kappa shape index (κ1) is 19.0. The number of nitriles is 1. The van der Waals surface area contributed by atoms with Crippen LogP contribution in [0.1, 0.15) is 26.3 Å². The van der Waals surface area contributed by atoms with E-state index in [0.29, 0.717) is 29.3 Å². The highest BCUT2D eigenvalue weighted by Gasteiger charge is 2.36. The topological polar surface area (TPSA) is 91.2 Å². The second kappa shape index (κ2) is 8.17. The summed E-state index contributed by atoms with van der Waals surface area (Å²) in [5, 5.41) is 14.2. The number of hydrogen-bond acceptors (Lipinski definition) is 4. The summed E-state index contributed by atoms with van der Waals surface area (Å²) in [6.45, 7) is 5.56. The van der Waals surface area contributed by atoms with Crippen molar-refractivity contribution in [2.75, 3.05) is 17.2 Å². The Morgan fingerprint density at radius 2 is 1.42 bits per heavy atom. The molecule has 0 aliphatic carbocycles. The number of amides is 2. The molecule has 0 saturated carbocycles. The van der Waals surface area contributed by atoms with E-state index in [1.165, 1.54) is 0 Å².